The van der Waals surface area contributed by atoms with Gasteiger partial charge in [0.05, 0.1) is 5.75 Å². The first-order chi connectivity index (χ1) is 8.49. The number of ketones is 1. The number of nitrogens with zero attached hydrogens (tertiary/aromatic N) is 3. The number of rotatable bonds is 4. The average Bonchev–Trinajstić information content (AvgIpc) is 2.81. The number of carbonyl (C=O) groups is 1. The van der Waals surface area contributed by atoms with Crippen molar-refractivity contribution in [1.29, 1.82) is 0 Å². The molecule has 0 aliphatic rings. The molecule has 2 aromatic rings. The van der Waals surface area contributed by atoms with Gasteiger partial charge in [-0.25, -0.2) is 0 Å². The zero-order chi connectivity index (χ0) is 13.3. The lowest BCUT2D eigenvalue weighted by Crippen LogP contribution is -2.04. The number of hydrogen-bond acceptors (Lipinski definition) is 5. The van der Waals surface area contributed by atoms with Gasteiger partial charge in [0, 0.05) is 22.4 Å². The highest BCUT2D eigenvalue weighted by atomic mass is 32.2. The summed E-state index contributed by atoms with van der Waals surface area (Å²) < 4.78 is 1.89. The van der Waals surface area contributed by atoms with Crippen LogP contribution in [0.25, 0.3) is 0 Å². The summed E-state index contributed by atoms with van der Waals surface area (Å²) in [5, 5.41) is 8.79. The van der Waals surface area contributed by atoms with Gasteiger partial charge in [-0.05, 0) is 26.8 Å². The van der Waals surface area contributed by atoms with E-state index in [9.17, 15) is 4.79 Å². The van der Waals surface area contributed by atoms with Crippen LogP contribution < -0.4 is 0 Å². The molecule has 0 N–H and O–H groups in total. The van der Waals surface area contributed by atoms with Gasteiger partial charge in [0.2, 0.25) is 0 Å². The van der Waals surface area contributed by atoms with Crippen LogP contribution in [0.15, 0.2) is 11.2 Å². The van der Waals surface area contributed by atoms with Crippen molar-refractivity contribution in [2.45, 2.75) is 25.9 Å². The minimum atomic E-state index is 0.155. The van der Waals surface area contributed by atoms with Gasteiger partial charge < -0.3 is 4.57 Å². The topological polar surface area (TPSA) is 47.8 Å². The maximum atomic E-state index is 12.1. The summed E-state index contributed by atoms with van der Waals surface area (Å²) in [6.45, 7) is 5.90. The van der Waals surface area contributed by atoms with Crippen molar-refractivity contribution in [2.24, 2.45) is 7.05 Å². The van der Waals surface area contributed by atoms with E-state index < -0.39 is 0 Å². The number of thioether (sulfide) groups is 1. The Morgan fingerprint density at radius 1 is 1.39 bits per heavy atom. The summed E-state index contributed by atoms with van der Waals surface area (Å²) in [5.74, 6) is 1.42. The van der Waals surface area contributed by atoms with Crippen LogP contribution in [-0.4, -0.2) is 26.3 Å². The molecule has 0 aromatic carbocycles. The summed E-state index contributed by atoms with van der Waals surface area (Å²) in [5.41, 5.74) is 0.837. The second-order valence-electron chi connectivity index (χ2n) is 4.13. The fourth-order valence-electron chi connectivity index (χ4n) is 1.63. The third-order valence-electron chi connectivity index (χ3n) is 2.73. The van der Waals surface area contributed by atoms with Gasteiger partial charge in [0.15, 0.2) is 10.9 Å². The summed E-state index contributed by atoms with van der Waals surface area (Å²) in [4.78, 5) is 14.4. The summed E-state index contributed by atoms with van der Waals surface area (Å²) in [6, 6.07) is 1.96. The first-order valence-corrected chi connectivity index (χ1v) is 7.38. The molecule has 0 unspecified atom stereocenters. The summed E-state index contributed by atoms with van der Waals surface area (Å²) >= 11 is 3.10. The highest BCUT2D eigenvalue weighted by Crippen LogP contribution is 2.23. The monoisotopic (exact) mass is 281 g/mol. The lowest BCUT2D eigenvalue weighted by molar-refractivity contribution is 0.102. The van der Waals surface area contributed by atoms with Gasteiger partial charge in [-0.15, -0.1) is 21.5 Å². The maximum Gasteiger partial charge on any atom is 0.191 e. The Bertz CT molecular complexity index is 586. The molecule has 0 atom stereocenters. The Kier molecular flexibility index (Phi) is 3.87. The van der Waals surface area contributed by atoms with Crippen molar-refractivity contribution in [3.8, 4) is 0 Å². The Hall–Kier alpha value is -1.14. The van der Waals surface area contributed by atoms with Crippen LogP contribution in [0.2, 0.25) is 0 Å². The molecule has 0 radical (unpaired) electrons. The van der Waals surface area contributed by atoms with Gasteiger partial charge in [-0.2, -0.15) is 0 Å². The number of Topliss-reactive ketones (excluding diaryl/α,β-unsaturated/α-hetero) is 1. The van der Waals surface area contributed by atoms with Crippen molar-refractivity contribution in [3.05, 3.63) is 27.2 Å². The number of aromatic nitrogens is 3. The average molecular weight is 281 g/mol. The highest BCUT2D eigenvalue weighted by Gasteiger charge is 2.14. The van der Waals surface area contributed by atoms with E-state index in [1.165, 1.54) is 16.6 Å². The fourth-order valence-corrected chi connectivity index (χ4v) is 3.41. The third-order valence-corrected chi connectivity index (χ3v) is 4.71. The van der Waals surface area contributed by atoms with E-state index in [2.05, 4.69) is 10.2 Å². The van der Waals surface area contributed by atoms with Gasteiger partial charge in [-0.1, -0.05) is 11.8 Å². The molecule has 2 rings (SSSR count). The summed E-state index contributed by atoms with van der Waals surface area (Å²) in [7, 11) is 1.90. The molecule has 18 heavy (non-hydrogen) atoms. The SMILES string of the molecule is Cc1cc(C(=O)CSc2nnc(C)n2C)c(C)s1. The Balaban J connectivity index is 2.05. The second-order valence-corrected chi connectivity index (χ2v) is 6.53. The van der Waals surface area contributed by atoms with Gasteiger partial charge in [-0.3, -0.25) is 4.79 Å². The molecular weight excluding hydrogens is 266 g/mol. The van der Waals surface area contributed by atoms with Crippen LogP contribution in [0.5, 0.6) is 0 Å². The first kappa shape index (κ1) is 13.3. The summed E-state index contributed by atoms with van der Waals surface area (Å²) in [6.07, 6.45) is 0. The molecule has 0 aliphatic heterocycles. The van der Waals surface area contributed by atoms with Crippen molar-refractivity contribution >= 4 is 28.9 Å². The molecule has 0 spiro atoms. The van der Waals surface area contributed by atoms with E-state index in [4.69, 9.17) is 0 Å². The van der Waals surface area contributed by atoms with Gasteiger partial charge >= 0.3 is 0 Å². The van der Waals surface area contributed by atoms with E-state index in [-0.39, 0.29) is 5.78 Å². The number of carbonyl (C=O) groups excluding carboxylic acids is 1. The van der Waals surface area contributed by atoms with Crippen LogP contribution in [-0.2, 0) is 7.05 Å². The Morgan fingerprint density at radius 2 is 2.11 bits per heavy atom. The largest absolute Gasteiger partial charge is 0.309 e. The van der Waals surface area contributed by atoms with E-state index in [1.54, 1.807) is 11.3 Å². The maximum absolute atomic E-state index is 12.1. The molecule has 2 heterocycles. The molecule has 96 valence electrons. The number of hydrogen-bond donors (Lipinski definition) is 0. The molecule has 0 amide bonds. The molecule has 0 aliphatic carbocycles. The van der Waals surface area contributed by atoms with E-state index in [0.717, 1.165) is 21.4 Å². The van der Waals surface area contributed by atoms with Crippen molar-refractivity contribution in [3.63, 3.8) is 0 Å². The van der Waals surface area contributed by atoms with Crippen LogP contribution >= 0.6 is 23.1 Å². The fraction of sp³-hybridized carbons (Fsp3) is 0.417. The minimum absolute atomic E-state index is 0.155. The van der Waals surface area contributed by atoms with Crippen molar-refractivity contribution in [2.75, 3.05) is 5.75 Å². The van der Waals surface area contributed by atoms with Crippen molar-refractivity contribution in [1.82, 2.24) is 14.8 Å². The zero-order valence-electron chi connectivity index (χ0n) is 10.9. The smallest absolute Gasteiger partial charge is 0.191 e. The standard InChI is InChI=1S/C12H15N3OS2/c1-7-5-10(8(2)18-7)11(16)6-17-12-14-13-9(3)15(12)4/h5H,6H2,1-4H3. The van der Waals surface area contributed by atoms with Crippen molar-refractivity contribution < 1.29 is 4.79 Å². The lowest BCUT2D eigenvalue weighted by Gasteiger charge is -2.01. The van der Waals surface area contributed by atoms with E-state index in [1.807, 2.05) is 38.5 Å². The zero-order valence-corrected chi connectivity index (χ0v) is 12.5. The predicted octanol–water partition coefficient (Wildman–Crippen LogP) is 2.78. The molecule has 4 nitrogen and oxygen atoms in total. The number of aryl methyl sites for hydroxylation is 3. The normalized spacial score (nSPS) is 10.9. The predicted molar refractivity (Wildman–Crippen MR) is 74.6 cm³/mol. The Labute approximate surface area is 114 Å². The molecular formula is C12H15N3OS2. The minimum Gasteiger partial charge on any atom is -0.309 e. The van der Waals surface area contributed by atoms with Crippen LogP contribution in [0.1, 0.15) is 25.9 Å². The van der Waals surface area contributed by atoms with Crippen LogP contribution in [0.4, 0.5) is 0 Å². The first-order valence-electron chi connectivity index (χ1n) is 5.58. The van der Waals surface area contributed by atoms with E-state index >= 15 is 0 Å². The highest BCUT2D eigenvalue weighted by molar-refractivity contribution is 7.99. The Morgan fingerprint density at radius 3 is 2.61 bits per heavy atom. The molecule has 0 saturated carbocycles. The van der Waals surface area contributed by atoms with Crippen LogP contribution in [0, 0.1) is 20.8 Å². The lowest BCUT2D eigenvalue weighted by atomic mass is 10.2. The third kappa shape index (κ3) is 2.64. The van der Waals surface area contributed by atoms with Gasteiger partial charge in [0.1, 0.15) is 5.82 Å². The molecule has 0 fully saturated rings. The molecule has 0 saturated heterocycles. The van der Waals surface area contributed by atoms with E-state index in [0.29, 0.717) is 5.75 Å². The molecule has 0 bridgehead atoms. The number of thiophene rings is 1. The molecule has 6 heteroatoms. The van der Waals surface area contributed by atoms with Gasteiger partial charge in [0.25, 0.3) is 0 Å². The van der Waals surface area contributed by atoms with Crippen LogP contribution in [0.3, 0.4) is 0 Å². The quantitative estimate of drug-likeness (QED) is 0.638. The molecule has 2 aromatic heterocycles. The second kappa shape index (κ2) is 5.24.